The van der Waals surface area contributed by atoms with Gasteiger partial charge in [0.2, 0.25) is 5.91 Å². The maximum atomic E-state index is 12.6. The van der Waals surface area contributed by atoms with Crippen LogP contribution >= 0.6 is 11.3 Å². The van der Waals surface area contributed by atoms with Crippen LogP contribution in [0.15, 0.2) is 41.8 Å². The molecule has 0 bridgehead atoms. The van der Waals surface area contributed by atoms with Crippen LogP contribution in [0.5, 0.6) is 5.75 Å². The summed E-state index contributed by atoms with van der Waals surface area (Å²) in [6, 6.07) is 12.2. The second-order valence-corrected chi connectivity index (χ2v) is 7.16. The fourth-order valence-electron chi connectivity index (χ4n) is 3.12. The van der Waals surface area contributed by atoms with Gasteiger partial charge in [-0.05, 0) is 30.4 Å². The van der Waals surface area contributed by atoms with E-state index in [0.29, 0.717) is 13.1 Å². The molecule has 0 N–H and O–H groups in total. The van der Waals surface area contributed by atoms with Crippen molar-refractivity contribution >= 4 is 17.2 Å². The predicted octanol–water partition coefficient (Wildman–Crippen LogP) is 3.38. The summed E-state index contributed by atoms with van der Waals surface area (Å²) >= 11 is 1.73. The van der Waals surface area contributed by atoms with Crippen LogP contribution in [0, 0.1) is 0 Å². The van der Waals surface area contributed by atoms with Crippen molar-refractivity contribution in [1.82, 2.24) is 9.80 Å². The number of rotatable bonds is 7. The first-order valence-electron chi connectivity index (χ1n) is 8.40. The highest BCUT2D eigenvalue weighted by Crippen LogP contribution is 2.21. The van der Waals surface area contributed by atoms with Gasteiger partial charge >= 0.3 is 0 Å². The zero-order valence-corrected chi connectivity index (χ0v) is 14.9. The first kappa shape index (κ1) is 17.0. The highest BCUT2D eigenvalue weighted by molar-refractivity contribution is 7.09. The molecule has 0 aliphatic carbocycles. The van der Waals surface area contributed by atoms with Gasteiger partial charge in [0.25, 0.3) is 0 Å². The average molecular weight is 344 g/mol. The van der Waals surface area contributed by atoms with Crippen LogP contribution in [0.3, 0.4) is 0 Å². The third-order valence-corrected chi connectivity index (χ3v) is 5.22. The zero-order valence-electron chi connectivity index (χ0n) is 14.1. The van der Waals surface area contributed by atoms with E-state index in [9.17, 15) is 4.79 Å². The van der Waals surface area contributed by atoms with Crippen LogP contribution in [0.25, 0.3) is 0 Å². The molecule has 0 saturated carbocycles. The Morgan fingerprint density at radius 3 is 2.67 bits per heavy atom. The van der Waals surface area contributed by atoms with Crippen molar-refractivity contribution in [3.8, 4) is 5.75 Å². The van der Waals surface area contributed by atoms with Gasteiger partial charge in [-0.15, -0.1) is 11.3 Å². The number of amides is 1. The summed E-state index contributed by atoms with van der Waals surface area (Å²) in [7, 11) is 1.69. The lowest BCUT2D eigenvalue weighted by molar-refractivity contribution is -0.131. The summed E-state index contributed by atoms with van der Waals surface area (Å²) in [5, 5.41) is 2.08. The molecule has 5 heteroatoms. The number of likely N-dealkylation sites (tertiary alicyclic amines) is 1. The van der Waals surface area contributed by atoms with Crippen LogP contribution in [-0.2, 0) is 17.9 Å². The summed E-state index contributed by atoms with van der Waals surface area (Å²) < 4.78 is 5.47. The van der Waals surface area contributed by atoms with Crippen molar-refractivity contribution in [3.63, 3.8) is 0 Å². The number of nitrogens with zero attached hydrogens (tertiary/aromatic N) is 2. The first-order chi connectivity index (χ1) is 11.8. The standard InChI is InChI=1S/C19H24N2O2S/c1-23-18-9-3-2-7-16(18)13-20(14-17-8-6-12-24-17)15-19(22)21-10-4-5-11-21/h2-3,6-9,12H,4-5,10-11,13-15H2,1H3. The summed E-state index contributed by atoms with van der Waals surface area (Å²) in [5.41, 5.74) is 1.12. The Morgan fingerprint density at radius 1 is 1.17 bits per heavy atom. The molecule has 1 aromatic carbocycles. The lowest BCUT2D eigenvalue weighted by Gasteiger charge is -2.25. The van der Waals surface area contributed by atoms with E-state index in [1.807, 2.05) is 23.1 Å². The number of methoxy groups -OCH3 is 1. The molecule has 2 aromatic rings. The molecule has 0 unspecified atom stereocenters. The van der Waals surface area contributed by atoms with Crippen LogP contribution in [0.1, 0.15) is 23.3 Å². The van der Waals surface area contributed by atoms with E-state index >= 15 is 0 Å². The molecule has 1 aliphatic heterocycles. The molecule has 1 fully saturated rings. The van der Waals surface area contributed by atoms with Crippen LogP contribution in [0.4, 0.5) is 0 Å². The molecule has 2 heterocycles. The quantitative estimate of drug-likeness (QED) is 0.772. The number of carbonyl (C=O) groups is 1. The van der Waals surface area contributed by atoms with Gasteiger partial charge in [-0.1, -0.05) is 24.3 Å². The van der Waals surface area contributed by atoms with Crippen LogP contribution in [-0.4, -0.2) is 42.5 Å². The Kier molecular flexibility index (Phi) is 5.88. The number of hydrogen-bond acceptors (Lipinski definition) is 4. The van der Waals surface area contributed by atoms with Crippen molar-refractivity contribution in [2.24, 2.45) is 0 Å². The van der Waals surface area contributed by atoms with Crippen molar-refractivity contribution in [3.05, 3.63) is 52.2 Å². The highest BCUT2D eigenvalue weighted by Gasteiger charge is 2.21. The number of thiophene rings is 1. The van der Waals surface area contributed by atoms with Crippen molar-refractivity contribution < 1.29 is 9.53 Å². The lowest BCUT2D eigenvalue weighted by atomic mass is 10.2. The summed E-state index contributed by atoms with van der Waals surface area (Å²) in [6.45, 7) is 3.76. The fraction of sp³-hybridized carbons (Fsp3) is 0.421. The number of para-hydroxylation sites is 1. The number of benzene rings is 1. The third-order valence-electron chi connectivity index (χ3n) is 4.36. The number of hydrogen-bond donors (Lipinski definition) is 0. The monoisotopic (exact) mass is 344 g/mol. The van der Waals surface area contributed by atoms with Gasteiger partial charge in [0.05, 0.1) is 13.7 Å². The van der Waals surface area contributed by atoms with E-state index in [2.05, 4.69) is 28.5 Å². The molecule has 1 aromatic heterocycles. The minimum Gasteiger partial charge on any atom is -0.496 e. The van der Waals surface area contributed by atoms with Crippen molar-refractivity contribution in [2.45, 2.75) is 25.9 Å². The predicted molar refractivity (Wildman–Crippen MR) is 97.2 cm³/mol. The molecule has 0 radical (unpaired) electrons. The Bertz CT molecular complexity index is 651. The molecule has 1 saturated heterocycles. The van der Waals surface area contributed by atoms with E-state index < -0.39 is 0 Å². The average Bonchev–Trinajstić information content (AvgIpc) is 3.29. The number of carbonyl (C=O) groups excluding carboxylic acids is 1. The second-order valence-electron chi connectivity index (χ2n) is 6.12. The van der Waals surface area contributed by atoms with E-state index in [1.165, 1.54) is 4.88 Å². The van der Waals surface area contributed by atoms with Gasteiger partial charge in [0.15, 0.2) is 0 Å². The largest absolute Gasteiger partial charge is 0.496 e. The Labute approximate surface area is 147 Å². The molecule has 128 valence electrons. The third kappa shape index (κ3) is 4.36. The van der Waals surface area contributed by atoms with Gasteiger partial charge in [0.1, 0.15) is 5.75 Å². The van der Waals surface area contributed by atoms with E-state index in [4.69, 9.17) is 4.74 Å². The van der Waals surface area contributed by atoms with E-state index in [-0.39, 0.29) is 5.91 Å². The van der Waals surface area contributed by atoms with Gasteiger partial charge in [-0.25, -0.2) is 0 Å². The minimum atomic E-state index is 0.235. The van der Waals surface area contributed by atoms with Crippen LogP contribution < -0.4 is 4.74 Å². The van der Waals surface area contributed by atoms with Crippen molar-refractivity contribution in [2.75, 3.05) is 26.7 Å². The molecule has 0 atom stereocenters. The number of ether oxygens (including phenoxy) is 1. The van der Waals surface area contributed by atoms with Gasteiger partial charge in [-0.2, -0.15) is 0 Å². The topological polar surface area (TPSA) is 32.8 Å². The Balaban J connectivity index is 1.72. The van der Waals surface area contributed by atoms with Gasteiger partial charge in [0, 0.05) is 36.6 Å². The molecule has 4 nitrogen and oxygen atoms in total. The summed E-state index contributed by atoms with van der Waals surface area (Å²) in [4.78, 5) is 18.1. The first-order valence-corrected chi connectivity index (χ1v) is 9.28. The lowest BCUT2D eigenvalue weighted by Crippen LogP contribution is -2.38. The normalized spacial score (nSPS) is 14.3. The molecule has 1 amide bonds. The van der Waals surface area contributed by atoms with Gasteiger partial charge < -0.3 is 9.64 Å². The smallest absolute Gasteiger partial charge is 0.236 e. The molecular formula is C19H24N2O2S. The fourth-order valence-corrected chi connectivity index (χ4v) is 3.87. The molecule has 1 aliphatic rings. The summed E-state index contributed by atoms with van der Waals surface area (Å²) in [6.07, 6.45) is 2.26. The Morgan fingerprint density at radius 2 is 1.96 bits per heavy atom. The Hall–Kier alpha value is -1.85. The van der Waals surface area contributed by atoms with Gasteiger partial charge in [-0.3, -0.25) is 9.69 Å². The highest BCUT2D eigenvalue weighted by atomic mass is 32.1. The molecular weight excluding hydrogens is 320 g/mol. The SMILES string of the molecule is COc1ccccc1CN(CC(=O)N1CCCC1)Cc1cccs1. The minimum absolute atomic E-state index is 0.235. The van der Waals surface area contributed by atoms with E-state index in [0.717, 1.165) is 43.8 Å². The maximum Gasteiger partial charge on any atom is 0.236 e. The summed E-state index contributed by atoms with van der Waals surface area (Å²) in [5.74, 6) is 1.11. The second kappa shape index (κ2) is 8.31. The zero-order chi connectivity index (χ0) is 16.8. The maximum absolute atomic E-state index is 12.6. The molecule has 3 rings (SSSR count). The van der Waals surface area contributed by atoms with E-state index in [1.54, 1.807) is 18.4 Å². The van der Waals surface area contributed by atoms with Crippen molar-refractivity contribution in [1.29, 1.82) is 0 Å². The molecule has 0 spiro atoms. The molecule has 24 heavy (non-hydrogen) atoms. The van der Waals surface area contributed by atoms with Crippen LogP contribution in [0.2, 0.25) is 0 Å².